The van der Waals surface area contributed by atoms with Crippen molar-refractivity contribution in [3.63, 3.8) is 0 Å². The Labute approximate surface area is 102 Å². The molecule has 2 aromatic rings. The van der Waals surface area contributed by atoms with Gasteiger partial charge < -0.3 is 5.32 Å². The van der Waals surface area contributed by atoms with Gasteiger partial charge in [0, 0.05) is 32.0 Å². The maximum atomic E-state index is 4.33. The molecule has 1 atom stereocenters. The van der Waals surface area contributed by atoms with E-state index in [1.165, 1.54) is 11.3 Å². The smallest absolute Gasteiger partial charge is 0.0597 e. The highest BCUT2D eigenvalue weighted by molar-refractivity contribution is 5.14. The van der Waals surface area contributed by atoms with Gasteiger partial charge in [-0.2, -0.15) is 5.10 Å². The molecule has 0 aromatic carbocycles. The first kappa shape index (κ1) is 11.8. The van der Waals surface area contributed by atoms with Gasteiger partial charge in [0.15, 0.2) is 0 Å². The Morgan fingerprint density at radius 3 is 2.88 bits per heavy atom. The van der Waals surface area contributed by atoms with Crippen molar-refractivity contribution < 1.29 is 0 Å². The van der Waals surface area contributed by atoms with Crippen LogP contribution in [0.4, 0.5) is 0 Å². The van der Waals surface area contributed by atoms with Crippen LogP contribution in [-0.2, 0) is 13.6 Å². The molecule has 1 unspecified atom stereocenters. The van der Waals surface area contributed by atoms with Gasteiger partial charge in [-0.15, -0.1) is 0 Å². The van der Waals surface area contributed by atoms with Crippen molar-refractivity contribution >= 4 is 0 Å². The van der Waals surface area contributed by atoms with Crippen molar-refractivity contribution in [3.05, 3.63) is 47.5 Å². The number of hydrogen-bond acceptors (Lipinski definition) is 3. The summed E-state index contributed by atoms with van der Waals surface area (Å²) in [6, 6.07) is 6.43. The van der Waals surface area contributed by atoms with E-state index in [4.69, 9.17) is 0 Å². The first-order valence-electron chi connectivity index (χ1n) is 5.79. The van der Waals surface area contributed by atoms with Gasteiger partial charge in [-0.3, -0.25) is 9.67 Å². The summed E-state index contributed by atoms with van der Waals surface area (Å²) in [6.07, 6.45) is 3.69. The largest absolute Gasteiger partial charge is 0.305 e. The van der Waals surface area contributed by atoms with Crippen LogP contribution in [0.25, 0.3) is 0 Å². The fraction of sp³-hybridized carbons (Fsp3) is 0.385. The predicted molar refractivity (Wildman–Crippen MR) is 67.4 cm³/mol. The molecule has 90 valence electrons. The molecular formula is C13H18N4. The lowest BCUT2D eigenvalue weighted by molar-refractivity contribution is 0.547. The fourth-order valence-electron chi connectivity index (χ4n) is 1.84. The van der Waals surface area contributed by atoms with E-state index in [1.807, 2.05) is 30.9 Å². The molecule has 0 spiro atoms. The van der Waals surface area contributed by atoms with E-state index in [2.05, 4.69) is 34.5 Å². The summed E-state index contributed by atoms with van der Waals surface area (Å²) in [6.45, 7) is 4.96. The molecule has 0 saturated heterocycles. The predicted octanol–water partition coefficient (Wildman–Crippen LogP) is 1.97. The van der Waals surface area contributed by atoms with Crippen molar-refractivity contribution in [1.29, 1.82) is 0 Å². The topological polar surface area (TPSA) is 42.7 Å². The Balaban J connectivity index is 1.97. The Hall–Kier alpha value is -1.68. The van der Waals surface area contributed by atoms with E-state index in [9.17, 15) is 0 Å². The lowest BCUT2D eigenvalue weighted by atomic mass is 10.1. The molecule has 4 nitrogen and oxygen atoms in total. The molecule has 17 heavy (non-hydrogen) atoms. The molecular weight excluding hydrogens is 212 g/mol. The molecule has 1 N–H and O–H groups in total. The Kier molecular flexibility index (Phi) is 3.54. The third-order valence-electron chi connectivity index (χ3n) is 2.87. The maximum absolute atomic E-state index is 4.33. The highest BCUT2D eigenvalue weighted by atomic mass is 15.3. The minimum atomic E-state index is 0.291. The van der Waals surface area contributed by atoms with Gasteiger partial charge >= 0.3 is 0 Å². The fourth-order valence-corrected chi connectivity index (χ4v) is 1.84. The molecule has 0 aliphatic rings. The number of aryl methyl sites for hydroxylation is 2. The zero-order chi connectivity index (χ0) is 12.3. The van der Waals surface area contributed by atoms with Gasteiger partial charge in [0.05, 0.1) is 11.4 Å². The number of pyridine rings is 1. The van der Waals surface area contributed by atoms with Crippen LogP contribution >= 0.6 is 0 Å². The molecule has 0 radical (unpaired) electrons. The second-order valence-corrected chi connectivity index (χ2v) is 4.29. The van der Waals surface area contributed by atoms with Crippen LogP contribution in [0.15, 0.2) is 30.6 Å². The molecule has 0 amide bonds. The van der Waals surface area contributed by atoms with Crippen LogP contribution in [0.5, 0.6) is 0 Å². The summed E-state index contributed by atoms with van der Waals surface area (Å²) in [4.78, 5) is 4.12. The Bertz CT molecular complexity index is 475. The molecule has 0 bridgehead atoms. The first-order chi connectivity index (χ1) is 8.16. The van der Waals surface area contributed by atoms with Crippen LogP contribution < -0.4 is 5.32 Å². The SMILES string of the molecule is Cc1cc(CNC(C)c2cccnc2)n(C)n1. The minimum Gasteiger partial charge on any atom is -0.305 e. The Morgan fingerprint density at radius 2 is 2.29 bits per heavy atom. The van der Waals surface area contributed by atoms with Crippen molar-refractivity contribution in [1.82, 2.24) is 20.1 Å². The van der Waals surface area contributed by atoms with Gasteiger partial charge in [0.2, 0.25) is 0 Å². The van der Waals surface area contributed by atoms with Gasteiger partial charge in [0.25, 0.3) is 0 Å². The first-order valence-corrected chi connectivity index (χ1v) is 5.79. The van der Waals surface area contributed by atoms with Crippen molar-refractivity contribution in [2.24, 2.45) is 7.05 Å². The van der Waals surface area contributed by atoms with E-state index in [-0.39, 0.29) is 0 Å². The van der Waals surface area contributed by atoms with Gasteiger partial charge in [-0.05, 0) is 31.5 Å². The summed E-state index contributed by atoms with van der Waals surface area (Å²) in [5.41, 5.74) is 3.45. The third-order valence-corrected chi connectivity index (χ3v) is 2.87. The molecule has 0 aliphatic carbocycles. The highest BCUT2D eigenvalue weighted by Crippen LogP contribution is 2.11. The van der Waals surface area contributed by atoms with Crippen LogP contribution in [0.2, 0.25) is 0 Å². The highest BCUT2D eigenvalue weighted by Gasteiger charge is 2.06. The van der Waals surface area contributed by atoms with Gasteiger partial charge in [-0.25, -0.2) is 0 Å². The van der Waals surface area contributed by atoms with Crippen LogP contribution in [-0.4, -0.2) is 14.8 Å². The van der Waals surface area contributed by atoms with E-state index >= 15 is 0 Å². The number of rotatable bonds is 4. The van der Waals surface area contributed by atoms with E-state index < -0.39 is 0 Å². The average molecular weight is 230 g/mol. The van der Waals surface area contributed by atoms with Crippen molar-refractivity contribution in [2.45, 2.75) is 26.4 Å². The van der Waals surface area contributed by atoms with E-state index in [0.29, 0.717) is 6.04 Å². The standard InChI is InChI=1S/C13H18N4/c1-10-7-13(17(3)16-10)9-15-11(2)12-5-4-6-14-8-12/h4-8,11,15H,9H2,1-3H3. The van der Waals surface area contributed by atoms with E-state index in [0.717, 1.165) is 12.2 Å². The second-order valence-electron chi connectivity index (χ2n) is 4.29. The monoisotopic (exact) mass is 230 g/mol. The number of nitrogens with one attached hydrogen (secondary N) is 1. The van der Waals surface area contributed by atoms with Crippen LogP contribution in [0.3, 0.4) is 0 Å². The normalized spacial score (nSPS) is 12.6. The number of hydrogen-bond donors (Lipinski definition) is 1. The van der Waals surface area contributed by atoms with E-state index in [1.54, 1.807) is 6.20 Å². The zero-order valence-corrected chi connectivity index (χ0v) is 10.5. The van der Waals surface area contributed by atoms with Crippen LogP contribution in [0, 0.1) is 6.92 Å². The lowest BCUT2D eigenvalue weighted by Crippen LogP contribution is -2.19. The summed E-state index contributed by atoms with van der Waals surface area (Å²) in [7, 11) is 1.97. The maximum Gasteiger partial charge on any atom is 0.0597 e. The summed E-state index contributed by atoms with van der Waals surface area (Å²) >= 11 is 0. The number of nitrogens with zero attached hydrogens (tertiary/aromatic N) is 3. The molecule has 0 saturated carbocycles. The average Bonchev–Trinajstić information content (AvgIpc) is 2.66. The van der Waals surface area contributed by atoms with Crippen LogP contribution in [0.1, 0.15) is 29.9 Å². The zero-order valence-electron chi connectivity index (χ0n) is 10.5. The summed E-state index contributed by atoms with van der Waals surface area (Å²) in [5, 5.41) is 7.79. The van der Waals surface area contributed by atoms with Gasteiger partial charge in [-0.1, -0.05) is 6.07 Å². The molecule has 4 heteroatoms. The molecule has 0 fully saturated rings. The summed E-state index contributed by atoms with van der Waals surface area (Å²) < 4.78 is 1.91. The Morgan fingerprint density at radius 1 is 1.47 bits per heavy atom. The van der Waals surface area contributed by atoms with Gasteiger partial charge in [0.1, 0.15) is 0 Å². The summed E-state index contributed by atoms with van der Waals surface area (Å²) in [5.74, 6) is 0. The molecule has 2 rings (SSSR count). The lowest BCUT2D eigenvalue weighted by Gasteiger charge is -2.13. The molecule has 2 aromatic heterocycles. The molecule has 0 aliphatic heterocycles. The second kappa shape index (κ2) is 5.10. The minimum absolute atomic E-state index is 0.291. The quantitative estimate of drug-likeness (QED) is 0.873. The molecule has 2 heterocycles. The van der Waals surface area contributed by atoms with Crippen molar-refractivity contribution in [3.8, 4) is 0 Å². The third kappa shape index (κ3) is 2.91. The van der Waals surface area contributed by atoms with Crippen molar-refractivity contribution in [2.75, 3.05) is 0 Å². The number of aromatic nitrogens is 3.